The predicted octanol–water partition coefficient (Wildman–Crippen LogP) is 4.28. The third kappa shape index (κ3) is 2.99. The zero-order chi connectivity index (χ0) is 20.2. The van der Waals surface area contributed by atoms with Gasteiger partial charge in [0.1, 0.15) is 5.69 Å². The molecule has 0 N–H and O–H groups in total. The maximum Gasteiger partial charge on any atom is 0.274 e. The lowest BCUT2D eigenvalue weighted by atomic mass is 9.68. The van der Waals surface area contributed by atoms with E-state index < -0.39 is 0 Å². The standard InChI is InChI=1S/C24H30N4OS/c1-16-21(25-24(30-16)26-9-4-5-10-26)23(29)28-12-6-7-17-13-18-14-19(22(17)28)15-27-11-3-2-8-20(18)27/h4-5,9-10,13,18-20,22H,2-3,6-8,11-12,14-15H2,1H3/t18-,19-,20+,22+/m0/s1. The normalized spacial score (nSPS) is 31.1. The first kappa shape index (κ1) is 18.8. The largest absolute Gasteiger partial charge is 0.330 e. The van der Waals surface area contributed by atoms with Crippen molar-refractivity contribution in [2.75, 3.05) is 19.6 Å². The van der Waals surface area contributed by atoms with Crippen LogP contribution in [0.5, 0.6) is 0 Å². The zero-order valence-corrected chi connectivity index (χ0v) is 18.5. The third-order valence-electron chi connectivity index (χ3n) is 7.73. The van der Waals surface area contributed by atoms with Crippen LogP contribution in [-0.4, -0.2) is 57.0 Å². The lowest BCUT2D eigenvalue weighted by molar-refractivity contribution is 0.00131. The summed E-state index contributed by atoms with van der Waals surface area (Å²) in [4.78, 5) is 24.4. The number of nitrogens with zero attached hydrogens (tertiary/aromatic N) is 4. The van der Waals surface area contributed by atoms with Crippen LogP contribution >= 0.6 is 11.3 Å². The molecule has 4 aliphatic rings. The van der Waals surface area contributed by atoms with E-state index in [9.17, 15) is 4.79 Å². The second-order valence-corrected chi connectivity index (χ2v) is 10.7. The van der Waals surface area contributed by atoms with Gasteiger partial charge in [-0.2, -0.15) is 0 Å². The smallest absolute Gasteiger partial charge is 0.274 e. The fourth-order valence-corrected chi connectivity index (χ4v) is 7.36. The van der Waals surface area contributed by atoms with Crippen LogP contribution in [0.25, 0.3) is 5.13 Å². The van der Waals surface area contributed by atoms with Crippen LogP contribution in [-0.2, 0) is 0 Å². The van der Waals surface area contributed by atoms with Crippen molar-refractivity contribution < 1.29 is 4.79 Å². The Bertz CT molecular complexity index is 978. The maximum absolute atomic E-state index is 13.7. The van der Waals surface area contributed by atoms with E-state index in [0.29, 0.717) is 17.5 Å². The number of carbonyl (C=O) groups excluding carboxylic acids is 1. The monoisotopic (exact) mass is 422 g/mol. The number of amides is 1. The van der Waals surface area contributed by atoms with Gasteiger partial charge in [-0.25, -0.2) is 4.98 Å². The predicted molar refractivity (Wildman–Crippen MR) is 119 cm³/mol. The minimum atomic E-state index is 0.136. The number of hydrogen-bond acceptors (Lipinski definition) is 4. The van der Waals surface area contributed by atoms with Crippen molar-refractivity contribution in [3.63, 3.8) is 0 Å². The van der Waals surface area contributed by atoms with Crippen LogP contribution in [0.15, 0.2) is 36.2 Å². The number of fused-ring (bicyclic) bond motifs is 6. The molecule has 4 atom stereocenters. The summed E-state index contributed by atoms with van der Waals surface area (Å²) in [5, 5.41) is 0.881. The lowest BCUT2D eigenvalue weighted by Gasteiger charge is -2.54. The van der Waals surface area contributed by atoms with E-state index >= 15 is 0 Å². The first-order valence-corrected chi connectivity index (χ1v) is 12.4. The van der Waals surface area contributed by atoms with Gasteiger partial charge in [-0.05, 0) is 69.5 Å². The summed E-state index contributed by atoms with van der Waals surface area (Å²) in [6, 6.07) is 5.02. The highest BCUT2D eigenvalue weighted by atomic mass is 32.1. The third-order valence-corrected chi connectivity index (χ3v) is 8.72. The SMILES string of the molecule is Cc1sc(-n2cccc2)nc1C(=O)N1CCCC2=C[C@H]3C[C@@H](CN4CCCC[C@H]34)[C@@H]21. The maximum atomic E-state index is 13.7. The molecule has 0 aromatic carbocycles. The molecule has 5 nitrogen and oxygen atoms in total. The highest BCUT2D eigenvalue weighted by Crippen LogP contribution is 2.45. The van der Waals surface area contributed by atoms with Crippen LogP contribution in [0.2, 0.25) is 0 Å². The molecule has 3 aliphatic heterocycles. The van der Waals surface area contributed by atoms with Crippen molar-refractivity contribution in [2.45, 2.75) is 57.5 Å². The zero-order valence-electron chi connectivity index (χ0n) is 17.7. The van der Waals surface area contributed by atoms with Crippen LogP contribution in [0.4, 0.5) is 0 Å². The van der Waals surface area contributed by atoms with E-state index in [0.717, 1.165) is 35.6 Å². The first-order chi connectivity index (χ1) is 14.7. The van der Waals surface area contributed by atoms with Crippen LogP contribution in [0.1, 0.15) is 53.9 Å². The molecule has 1 aliphatic carbocycles. The second-order valence-electron chi connectivity index (χ2n) is 9.50. The first-order valence-electron chi connectivity index (χ1n) is 11.6. The fourth-order valence-electron chi connectivity index (χ4n) is 6.49. The molecule has 2 aromatic heterocycles. The molecule has 2 aromatic rings. The van der Waals surface area contributed by atoms with E-state index in [2.05, 4.69) is 15.9 Å². The molecule has 6 rings (SSSR count). The highest BCUT2D eigenvalue weighted by molar-refractivity contribution is 7.14. The number of carbonyl (C=O) groups is 1. The van der Waals surface area contributed by atoms with Gasteiger partial charge in [0.05, 0.1) is 6.04 Å². The molecule has 1 amide bonds. The number of aryl methyl sites for hydroxylation is 1. The van der Waals surface area contributed by atoms with Gasteiger partial charge in [0.2, 0.25) is 0 Å². The molecule has 2 bridgehead atoms. The minimum Gasteiger partial charge on any atom is -0.330 e. The topological polar surface area (TPSA) is 41.4 Å². The quantitative estimate of drug-likeness (QED) is 0.679. The van der Waals surface area contributed by atoms with Gasteiger partial charge in [-0.3, -0.25) is 9.69 Å². The van der Waals surface area contributed by atoms with Crippen molar-refractivity contribution in [1.82, 2.24) is 19.4 Å². The van der Waals surface area contributed by atoms with Gasteiger partial charge < -0.3 is 9.47 Å². The van der Waals surface area contributed by atoms with Crippen LogP contribution < -0.4 is 0 Å². The number of likely N-dealkylation sites (tertiary alicyclic amines) is 1. The van der Waals surface area contributed by atoms with Crippen molar-refractivity contribution in [3.8, 4) is 5.13 Å². The van der Waals surface area contributed by atoms with E-state index in [1.807, 2.05) is 36.0 Å². The van der Waals surface area contributed by atoms with E-state index in [1.54, 1.807) is 16.9 Å². The van der Waals surface area contributed by atoms with Gasteiger partial charge >= 0.3 is 0 Å². The molecular weight excluding hydrogens is 392 g/mol. The molecule has 0 unspecified atom stereocenters. The molecule has 0 saturated carbocycles. The average molecular weight is 423 g/mol. The fraction of sp³-hybridized carbons (Fsp3) is 0.583. The Balaban J connectivity index is 1.31. The molecule has 30 heavy (non-hydrogen) atoms. The van der Waals surface area contributed by atoms with Gasteiger partial charge in [-0.15, -0.1) is 11.3 Å². The Kier molecular flexibility index (Phi) is 4.61. The number of aromatic nitrogens is 2. The van der Waals surface area contributed by atoms with Crippen molar-refractivity contribution in [2.24, 2.45) is 11.8 Å². The molecular formula is C24H30N4OS. The summed E-state index contributed by atoms with van der Waals surface area (Å²) in [5.41, 5.74) is 2.19. The second kappa shape index (κ2) is 7.34. The summed E-state index contributed by atoms with van der Waals surface area (Å²) < 4.78 is 2.00. The molecule has 158 valence electrons. The molecule has 3 saturated heterocycles. The Labute approximate surface area is 182 Å². The Morgan fingerprint density at radius 2 is 2.03 bits per heavy atom. The van der Waals surface area contributed by atoms with Crippen molar-refractivity contribution in [3.05, 3.63) is 46.7 Å². The van der Waals surface area contributed by atoms with Gasteiger partial charge in [0.25, 0.3) is 5.91 Å². The number of piperidine rings is 3. The molecule has 5 heterocycles. The Morgan fingerprint density at radius 3 is 2.90 bits per heavy atom. The highest BCUT2D eigenvalue weighted by Gasteiger charge is 2.47. The van der Waals surface area contributed by atoms with Gasteiger partial charge in [0, 0.05) is 36.4 Å². The molecule has 0 spiro atoms. The van der Waals surface area contributed by atoms with E-state index in [4.69, 9.17) is 4.98 Å². The summed E-state index contributed by atoms with van der Waals surface area (Å²) in [6.45, 7) is 5.31. The molecule has 6 heteroatoms. The number of thiazole rings is 1. The number of hydrogen-bond donors (Lipinski definition) is 0. The average Bonchev–Trinajstić information content (AvgIpc) is 3.43. The summed E-state index contributed by atoms with van der Waals surface area (Å²) >= 11 is 1.61. The lowest BCUT2D eigenvalue weighted by Crippen LogP contribution is -2.60. The summed E-state index contributed by atoms with van der Waals surface area (Å²) in [5.74, 6) is 1.42. The summed E-state index contributed by atoms with van der Waals surface area (Å²) in [6.07, 6.45) is 14.1. The van der Waals surface area contributed by atoms with Crippen molar-refractivity contribution >= 4 is 17.2 Å². The Hall–Kier alpha value is -1.92. The van der Waals surface area contributed by atoms with Crippen LogP contribution in [0.3, 0.4) is 0 Å². The molecule has 0 radical (unpaired) electrons. The summed E-state index contributed by atoms with van der Waals surface area (Å²) in [7, 11) is 0. The number of rotatable bonds is 2. The van der Waals surface area contributed by atoms with Gasteiger partial charge in [-0.1, -0.05) is 18.1 Å². The van der Waals surface area contributed by atoms with Crippen molar-refractivity contribution in [1.29, 1.82) is 0 Å². The van der Waals surface area contributed by atoms with Crippen LogP contribution in [0, 0.1) is 18.8 Å². The van der Waals surface area contributed by atoms with Gasteiger partial charge in [0.15, 0.2) is 5.13 Å². The minimum absolute atomic E-state index is 0.136. The van der Waals surface area contributed by atoms with E-state index in [-0.39, 0.29) is 11.9 Å². The van der Waals surface area contributed by atoms with E-state index in [1.165, 1.54) is 38.6 Å². The molecule has 3 fully saturated rings. The Morgan fingerprint density at radius 1 is 1.17 bits per heavy atom.